The molecule has 0 unspecified atom stereocenters. The highest BCUT2D eigenvalue weighted by Gasteiger charge is 2.37. The number of rotatable bonds is 8. The van der Waals surface area contributed by atoms with Gasteiger partial charge in [-0.3, -0.25) is 9.59 Å². The molecule has 1 aliphatic heterocycles. The van der Waals surface area contributed by atoms with Crippen LogP contribution in [0.25, 0.3) is 11.1 Å². The number of aryl methyl sites for hydroxylation is 1. The molecule has 2 heterocycles. The first-order valence-corrected chi connectivity index (χ1v) is 13.5. The fourth-order valence-corrected chi connectivity index (χ4v) is 5.67. The number of nitrogens with zero attached hydrogens (tertiary/aromatic N) is 2. The van der Waals surface area contributed by atoms with E-state index >= 15 is 4.39 Å². The van der Waals surface area contributed by atoms with E-state index in [2.05, 4.69) is 10.3 Å². The van der Waals surface area contributed by atoms with E-state index in [0.717, 1.165) is 5.56 Å². The summed E-state index contributed by atoms with van der Waals surface area (Å²) in [5.74, 6) is -2.24. The number of hydrogen-bond donors (Lipinski definition) is 2. The molecule has 0 bridgehead atoms. The van der Waals surface area contributed by atoms with E-state index in [1.165, 1.54) is 11.0 Å². The maximum absolute atomic E-state index is 15.4. The van der Waals surface area contributed by atoms with Crippen LogP contribution in [0.2, 0.25) is 5.02 Å². The number of anilines is 2. The van der Waals surface area contributed by atoms with E-state index < -0.39 is 29.9 Å². The molecule has 2 fully saturated rings. The third-order valence-electron chi connectivity index (χ3n) is 7.60. The van der Waals surface area contributed by atoms with E-state index in [1.54, 1.807) is 12.1 Å². The van der Waals surface area contributed by atoms with Crippen LogP contribution in [-0.2, 0) is 20.7 Å². The molecule has 5 rings (SSSR count). The van der Waals surface area contributed by atoms with Gasteiger partial charge in [-0.25, -0.2) is 8.78 Å². The van der Waals surface area contributed by atoms with Gasteiger partial charge in [-0.2, -0.15) is 4.98 Å². The lowest BCUT2D eigenvalue weighted by atomic mass is 9.87. The minimum Gasteiger partial charge on any atom is -0.481 e. The molecule has 208 valence electrons. The number of amides is 1. The summed E-state index contributed by atoms with van der Waals surface area (Å²) in [6, 6.07) is 8.06. The van der Waals surface area contributed by atoms with Crippen molar-refractivity contribution in [1.29, 1.82) is 0 Å². The summed E-state index contributed by atoms with van der Waals surface area (Å²) in [5, 5.41) is 12.6. The molecule has 1 amide bonds. The largest absolute Gasteiger partial charge is 0.481 e. The van der Waals surface area contributed by atoms with Crippen LogP contribution in [-0.4, -0.2) is 58.3 Å². The molecule has 2 atom stereocenters. The number of carboxylic acid groups (broad SMARTS) is 1. The molecular formula is C28H30ClF2N3O5. The Hall–Kier alpha value is -3.24. The van der Waals surface area contributed by atoms with Crippen molar-refractivity contribution in [2.45, 2.75) is 63.8 Å². The lowest BCUT2D eigenvalue weighted by Gasteiger charge is -2.29. The number of benzene rings is 2. The lowest BCUT2D eigenvalue weighted by molar-refractivity contribution is -0.144. The van der Waals surface area contributed by atoms with Gasteiger partial charge in [-0.15, -0.1) is 0 Å². The van der Waals surface area contributed by atoms with Crippen molar-refractivity contribution in [2.75, 3.05) is 18.5 Å². The van der Waals surface area contributed by atoms with Gasteiger partial charge in [0.15, 0.2) is 11.4 Å². The van der Waals surface area contributed by atoms with Crippen LogP contribution in [0.3, 0.4) is 0 Å². The highest BCUT2D eigenvalue weighted by molar-refractivity contribution is 6.33. The third kappa shape index (κ3) is 6.01. The van der Waals surface area contributed by atoms with Crippen LogP contribution in [0.5, 0.6) is 0 Å². The number of aliphatic carboxylic acids is 1. The average Bonchev–Trinajstić information content (AvgIpc) is 3.50. The number of oxazole rings is 1. The van der Waals surface area contributed by atoms with Gasteiger partial charge in [0.1, 0.15) is 11.7 Å². The van der Waals surface area contributed by atoms with Gasteiger partial charge >= 0.3 is 5.97 Å². The number of para-hydroxylation sites is 1. The van der Waals surface area contributed by atoms with Crippen LogP contribution in [0.4, 0.5) is 20.5 Å². The summed E-state index contributed by atoms with van der Waals surface area (Å²) in [6.07, 6.45) is 0.902. The molecule has 1 aromatic heterocycles. The molecule has 1 saturated heterocycles. The summed E-state index contributed by atoms with van der Waals surface area (Å²) in [7, 11) is 0. The zero-order chi connectivity index (χ0) is 27.7. The molecule has 1 saturated carbocycles. The van der Waals surface area contributed by atoms with Crippen molar-refractivity contribution in [2.24, 2.45) is 5.92 Å². The van der Waals surface area contributed by atoms with E-state index in [1.807, 2.05) is 19.1 Å². The van der Waals surface area contributed by atoms with Crippen molar-refractivity contribution in [3.63, 3.8) is 0 Å². The van der Waals surface area contributed by atoms with Gasteiger partial charge in [0.05, 0.1) is 48.3 Å². The molecule has 2 aliphatic rings. The van der Waals surface area contributed by atoms with E-state index in [9.17, 15) is 14.0 Å². The standard InChI is InChI=1S/C28H30ClF2N3O5/c1-15-3-2-4-21(29)25(15)33-28-32-22-10-7-17(24(31)26(22)39-28)11-23(35)34-13-18(30)12-19(34)14-38-20-8-5-16(6-9-20)27(36)37/h2-4,7,10,16,18-20H,5-6,8-9,11-14H2,1H3,(H,32,33)(H,36,37)/t16-,18-,19-,20-/m0/s1. The molecule has 0 radical (unpaired) electrons. The third-order valence-corrected chi connectivity index (χ3v) is 7.92. The Labute approximate surface area is 229 Å². The first kappa shape index (κ1) is 27.3. The maximum atomic E-state index is 15.4. The van der Waals surface area contributed by atoms with Gasteiger partial charge in [0.25, 0.3) is 6.01 Å². The smallest absolute Gasteiger partial charge is 0.306 e. The first-order chi connectivity index (χ1) is 18.7. The molecule has 2 N–H and O–H groups in total. The molecule has 39 heavy (non-hydrogen) atoms. The number of carbonyl (C=O) groups is 2. The van der Waals surface area contributed by atoms with Crippen LogP contribution >= 0.6 is 11.6 Å². The molecule has 11 heteroatoms. The minimum absolute atomic E-state index is 0.0676. The number of carboxylic acids is 1. The SMILES string of the molecule is Cc1cccc(Cl)c1Nc1nc2ccc(CC(=O)N3C[C@@H](F)C[C@H]3CO[C@H]3CC[C@H](C(=O)O)CC3)c(F)c2o1. The fourth-order valence-electron chi connectivity index (χ4n) is 5.40. The van der Waals surface area contributed by atoms with Crippen molar-refractivity contribution in [3.05, 3.63) is 52.3 Å². The highest BCUT2D eigenvalue weighted by Crippen LogP contribution is 2.32. The number of nitrogens with one attached hydrogen (secondary N) is 1. The molecule has 1 aliphatic carbocycles. The Morgan fingerprint density at radius 2 is 2.00 bits per heavy atom. The van der Waals surface area contributed by atoms with E-state index in [-0.39, 0.29) is 60.7 Å². The number of fused-ring (bicyclic) bond motifs is 1. The second-order valence-electron chi connectivity index (χ2n) is 10.3. The maximum Gasteiger partial charge on any atom is 0.306 e. The van der Waals surface area contributed by atoms with Crippen LogP contribution in [0, 0.1) is 18.7 Å². The molecule has 8 nitrogen and oxygen atoms in total. The predicted octanol–water partition coefficient (Wildman–Crippen LogP) is 5.81. The minimum atomic E-state index is -1.19. The zero-order valence-electron chi connectivity index (χ0n) is 21.5. The second kappa shape index (κ2) is 11.5. The molecule has 2 aromatic carbocycles. The fraction of sp³-hybridized carbons (Fsp3) is 0.464. The van der Waals surface area contributed by atoms with Crippen molar-refractivity contribution >= 4 is 46.3 Å². The Morgan fingerprint density at radius 1 is 1.23 bits per heavy atom. The summed E-state index contributed by atoms with van der Waals surface area (Å²) < 4.78 is 41.3. The molecular weight excluding hydrogens is 532 g/mol. The summed E-state index contributed by atoms with van der Waals surface area (Å²) in [6.45, 7) is 1.95. The number of alkyl halides is 1. The highest BCUT2D eigenvalue weighted by atomic mass is 35.5. The number of ether oxygens (including phenoxy) is 1. The van der Waals surface area contributed by atoms with Gasteiger partial charge < -0.3 is 24.5 Å². The average molecular weight is 562 g/mol. The van der Waals surface area contributed by atoms with Gasteiger partial charge in [0, 0.05) is 12.0 Å². The quantitative estimate of drug-likeness (QED) is 0.357. The number of hydrogen-bond acceptors (Lipinski definition) is 6. The predicted molar refractivity (Wildman–Crippen MR) is 141 cm³/mol. The van der Waals surface area contributed by atoms with E-state index in [4.69, 9.17) is 25.9 Å². The van der Waals surface area contributed by atoms with Crippen molar-refractivity contribution in [3.8, 4) is 0 Å². The number of carbonyl (C=O) groups excluding carboxylic acids is 1. The topological polar surface area (TPSA) is 105 Å². The Bertz CT molecular complexity index is 1350. The molecule has 3 aromatic rings. The van der Waals surface area contributed by atoms with Gasteiger partial charge in [0.2, 0.25) is 5.91 Å². The normalized spacial score (nSPS) is 23.3. The van der Waals surface area contributed by atoms with Crippen LogP contribution in [0.1, 0.15) is 43.2 Å². The summed E-state index contributed by atoms with van der Waals surface area (Å²) >= 11 is 6.25. The van der Waals surface area contributed by atoms with E-state index in [0.29, 0.717) is 36.4 Å². The van der Waals surface area contributed by atoms with Crippen LogP contribution in [0.15, 0.2) is 34.7 Å². The van der Waals surface area contributed by atoms with Crippen LogP contribution < -0.4 is 5.32 Å². The zero-order valence-corrected chi connectivity index (χ0v) is 22.2. The van der Waals surface area contributed by atoms with Gasteiger partial charge in [-0.05, 0) is 50.3 Å². The van der Waals surface area contributed by atoms with Crippen molar-refractivity contribution in [1.82, 2.24) is 9.88 Å². The second-order valence-corrected chi connectivity index (χ2v) is 10.7. The van der Waals surface area contributed by atoms with Gasteiger partial charge in [-0.1, -0.05) is 29.8 Å². The Balaban J connectivity index is 1.24. The monoisotopic (exact) mass is 561 g/mol. The van der Waals surface area contributed by atoms with Crippen molar-refractivity contribution < 1.29 is 32.6 Å². The Morgan fingerprint density at radius 3 is 2.72 bits per heavy atom. The molecule has 0 spiro atoms. The Kier molecular flexibility index (Phi) is 8.04. The first-order valence-electron chi connectivity index (χ1n) is 13.1. The summed E-state index contributed by atoms with van der Waals surface area (Å²) in [5.41, 5.74) is 1.77. The number of halogens is 3. The summed E-state index contributed by atoms with van der Waals surface area (Å²) in [4.78, 5) is 30.0. The number of aromatic nitrogens is 1. The number of likely N-dealkylation sites (tertiary alicyclic amines) is 1. The lowest BCUT2D eigenvalue weighted by Crippen LogP contribution is -2.40.